The van der Waals surface area contributed by atoms with E-state index in [4.69, 9.17) is 0 Å². The zero-order valence-corrected chi connectivity index (χ0v) is 14.2. The minimum atomic E-state index is -0.115. The Balaban J connectivity index is 1.84. The first-order valence-corrected chi connectivity index (χ1v) is 8.39. The minimum absolute atomic E-state index is 0.115. The molecule has 1 N–H and O–H groups in total. The molecule has 0 aliphatic rings. The molecular formula is C17H17N5OS. The number of carbonyl (C=O) groups is 1. The second kappa shape index (κ2) is 7.27. The summed E-state index contributed by atoms with van der Waals surface area (Å²) in [4.78, 5) is 11.2. The number of thioether (sulfide) groups is 1. The van der Waals surface area contributed by atoms with Gasteiger partial charge in [0.1, 0.15) is 0 Å². The van der Waals surface area contributed by atoms with Crippen LogP contribution in [-0.2, 0) is 4.79 Å². The van der Waals surface area contributed by atoms with Crippen molar-refractivity contribution in [2.45, 2.75) is 24.3 Å². The van der Waals surface area contributed by atoms with Crippen molar-refractivity contribution in [3.05, 3.63) is 60.2 Å². The monoisotopic (exact) mass is 339 g/mol. The van der Waals surface area contributed by atoms with E-state index in [0.717, 1.165) is 5.69 Å². The lowest BCUT2D eigenvalue weighted by Crippen LogP contribution is -2.07. The third kappa shape index (κ3) is 3.80. The number of anilines is 1. The molecule has 2 aromatic carbocycles. The maximum atomic E-state index is 11.2. The van der Waals surface area contributed by atoms with E-state index in [1.54, 1.807) is 16.4 Å². The Hall–Kier alpha value is -2.67. The van der Waals surface area contributed by atoms with Gasteiger partial charge >= 0.3 is 0 Å². The van der Waals surface area contributed by atoms with Gasteiger partial charge in [-0.25, -0.2) is 0 Å². The molecule has 0 radical (unpaired) electrons. The van der Waals surface area contributed by atoms with Gasteiger partial charge in [-0.05, 0) is 41.1 Å². The van der Waals surface area contributed by atoms with E-state index in [-0.39, 0.29) is 11.2 Å². The van der Waals surface area contributed by atoms with E-state index in [9.17, 15) is 4.79 Å². The van der Waals surface area contributed by atoms with Crippen LogP contribution in [0.15, 0.2) is 59.8 Å². The first-order chi connectivity index (χ1) is 11.6. The first-order valence-electron chi connectivity index (χ1n) is 7.51. The highest BCUT2D eigenvalue weighted by atomic mass is 32.2. The number of rotatable bonds is 5. The fourth-order valence-corrected chi connectivity index (χ4v) is 3.22. The van der Waals surface area contributed by atoms with Crippen LogP contribution in [0.5, 0.6) is 0 Å². The Bertz CT molecular complexity index is 834. The highest BCUT2D eigenvalue weighted by molar-refractivity contribution is 7.99. The van der Waals surface area contributed by atoms with Gasteiger partial charge in [0.15, 0.2) is 0 Å². The Morgan fingerprint density at radius 2 is 1.96 bits per heavy atom. The van der Waals surface area contributed by atoms with E-state index >= 15 is 0 Å². The average Bonchev–Trinajstić information content (AvgIpc) is 3.03. The Kier molecular flexibility index (Phi) is 4.90. The van der Waals surface area contributed by atoms with Crippen molar-refractivity contribution in [3.8, 4) is 5.69 Å². The van der Waals surface area contributed by atoms with Crippen LogP contribution < -0.4 is 5.32 Å². The van der Waals surface area contributed by atoms with Crippen LogP contribution in [-0.4, -0.2) is 26.1 Å². The minimum Gasteiger partial charge on any atom is -0.326 e. The molecule has 0 aliphatic carbocycles. The van der Waals surface area contributed by atoms with Gasteiger partial charge in [0.05, 0.1) is 5.69 Å². The quantitative estimate of drug-likeness (QED) is 0.721. The summed E-state index contributed by atoms with van der Waals surface area (Å²) in [6.07, 6.45) is 0. The molecule has 1 unspecified atom stereocenters. The number of nitrogens with zero attached hydrogens (tertiary/aromatic N) is 4. The standard InChI is InChI=1S/C17H17N5OS/c1-12(14-7-4-3-5-8-14)24-17-19-20-21-22(17)16-10-6-9-15(11-16)18-13(2)23/h3-12H,1-2H3,(H,18,23). The molecule has 24 heavy (non-hydrogen) atoms. The normalized spacial score (nSPS) is 11.9. The molecule has 1 atom stereocenters. The molecule has 1 amide bonds. The summed E-state index contributed by atoms with van der Waals surface area (Å²) in [5.74, 6) is -0.115. The van der Waals surface area contributed by atoms with Crippen LogP contribution in [0.25, 0.3) is 5.69 Å². The predicted octanol–water partition coefficient (Wildman–Crippen LogP) is 3.47. The van der Waals surface area contributed by atoms with Crippen molar-refractivity contribution in [3.63, 3.8) is 0 Å². The van der Waals surface area contributed by atoms with E-state index in [1.165, 1.54) is 12.5 Å². The van der Waals surface area contributed by atoms with Gasteiger partial charge in [0.25, 0.3) is 0 Å². The Morgan fingerprint density at radius 3 is 2.71 bits per heavy atom. The molecule has 0 saturated heterocycles. The summed E-state index contributed by atoms with van der Waals surface area (Å²) in [7, 11) is 0. The van der Waals surface area contributed by atoms with Crippen molar-refractivity contribution < 1.29 is 4.79 Å². The smallest absolute Gasteiger partial charge is 0.221 e. The Morgan fingerprint density at radius 1 is 1.17 bits per heavy atom. The van der Waals surface area contributed by atoms with E-state index in [2.05, 4.69) is 39.9 Å². The number of tetrazole rings is 1. The molecule has 0 aliphatic heterocycles. The lowest BCUT2D eigenvalue weighted by atomic mass is 10.2. The van der Waals surface area contributed by atoms with E-state index in [1.807, 2.05) is 42.5 Å². The number of amides is 1. The number of hydrogen-bond acceptors (Lipinski definition) is 5. The summed E-state index contributed by atoms with van der Waals surface area (Å²) in [6, 6.07) is 17.6. The highest BCUT2D eigenvalue weighted by Gasteiger charge is 2.15. The zero-order chi connectivity index (χ0) is 16.9. The van der Waals surface area contributed by atoms with Gasteiger partial charge in [-0.1, -0.05) is 48.2 Å². The fourth-order valence-electron chi connectivity index (χ4n) is 2.28. The molecule has 1 aromatic heterocycles. The van der Waals surface area contributed by atoms with Crippen molar-refractivity contribution >= 4 is 23.4 Å². The van der Waals surface area contributed by atoms with Gasteiger partial charge in [-0.2, -0.15) is 4.68 Å². The van der Waals surface area contributed by atoms with Crippen LogP contribution in [0.1, 0.15) is 24.7 Å². The summed E-state index contributed by atoms with van der Waals surface area (Å²) in [5, 5.41) is 15.7. The summed E-state index contributed by atoms with van der Waals surface area (Å²) in [6.45, 7) is 3.60. The molecule has 3 rings (SSSR count). The van der Waals surface area contributed by atoms with E-state index in [0.29, 0.717) is 10.8 Å². The molecule has 6 nitrogen and oxygen atoms in total. The van der Waals surface area contributed by atoms with Crippen molar-refractivity contribution in [2.75, 3.05) is 5.32 Å². The zero-order valence-electron chi connectivity index (χ0n) is 13.4. The van der Waals surface area contributed by atoms with Crippen LogP contribution in [0.2, 0.25) is 0 Å². The number of aromatic nitrogens is 4. The van der Waals surface area contributed by atoms with Gasteiger partial charge in [0, 0.05) is 17.9 Å². The molecule has 0 saturated carbocycles. The van der Waals surface area contributed by atoms with Crippen LogP contribution in [0.3, 0.4) is 0 Å². The van der Waals surface area contributed by atoms with E-state index < -0.39 is 0 Å². The average molecular weight is 339 g/mol. The van der Waals surface area contributed by atoms with Gasteiger partial charge in [-0.15, -0.1) is 5.10 Å². The van der Waals surface area contributed by atoms with Crippen LogP contribution in [0, 0.1) is 0 Å². The summed E-state index contributed by atoms with van der Waals surface area (Å²) >= 11 is 1.58. The number of nitrogens with one attached hydrogen (secondary N) is 1. The first kappa shape index (κ1) is 16.2. The van der Waals surface area contributed by atoms with Gasteiger partial charge < -0.3 is 5.32 Å². The van der Waals surface area contributed by atoms with Gasteiger partial charge in [0.2, 0.25) is 11.1 Å². The molecule has 3 aromatic rings. The molecule has 0 spiro atoms. The molecule has 0 fully saturated rings. The molecule has 0 bridgehead atoms. The third-order valence-corrected chi connectivity index (χ3v) is 4.49. The predicted molar refractivity (Wildman–Crippen MR) is 94.2 cm³/mol. The van der Waals surface area contributed by atoms with Crippen LogP contribution in [0.4, 0.5) is 5.69 Å². The number of benzene rings is 2. The third-order valence-electron chi connectivity index (χ3n) is 3.40. The maximum Gasteiger partial charge on any atom is 0.221 e. The maximum absolute atomic E-state index is 11.2. The largest absolute Gasteiger partial charge is 0.326 e. The second-order valence-corrected chi connectivity index (χ2v) is 6.58. The van der Waals surface area contributed by atoms with Crippen LogP contribution >= 0.6 is 11.8 Å². The lowest BCUT2D eigenvalue weighted by Gasteiger charge is -2.11. The van der Waals surface area contributed by atoms with Gasteiger partial charge in [-0.3, -0.25) is 4.79 Å². The van der Waals surface area contributed by atoms with Crippen molar-refractivity contribution in [2.24, 2.45) is 0 Å². The summed E-state index contributed by atoms with van der Waals surface area (Å²) in [5.41, 5.74) is 2.72. The fraction of sp³-hybridized carbons (Fsp3) is 0.176. The Labute approximate surface area is 144 Å². The topological polar surface area (TPSA) is 72.7 Å². The lowest BCUT2D eigenvalue weighted by molar-refractivity contribution is -0.114. The highest BCUT2D eigenvalue weighted by Crippen LogP contribution is 2.34. The molecular weight excluding hydrogens is 322 g/mol. The molecule has 122 valence electrons. The number of carbonyl (C=O) groups excluding carboxylic acids is 1. The SMILES string of the molecule is CC(=O)Nc1cccc(-n2nnnc2SC(C)c2ccccc2)c1. The summed E-state index contributed by atoms with van der Waals surface area (Å²) < 4.78 is 1.68. The second-order valence-electron chi connectivity index (χ2n) is 5.28. The van der Waals surface area contributed by atoms with Crippen molar-refractivity contribution in [1.29, 1.82) is 0 Å². The molecule has 1 heterocycles. The molecule has 7 heteroatoms. The van der Waals surface area contributed by atoms with Crippen molar-refractivity contribution in [1.82, 2.24) is 20.2 Å². The number of hydrogen-bond donors (Lipinski definition) is 1.